The first-order valence-electron chi connectivity index (χ1n) is 3.72. The van der Waals surface area contributed by atoms with Crippen LogP contribution >= 0.6 is 12.9 Å². The van der Waals surface area contributed by atoms with Crippen molar-refractivity contribution >= 4 is 39.4 Å². The zero-order chi connectivity index (χ0) is 8.20. The van der Waals surface area contributed by atoms with Crippen molar-refractivity contribution in [1.29, 1.82) is 0 Å². The summed E-state index contributed by atoms with van der Waals surface area (Å²) in [4.78, 5) is 0. The van der Waals surface area contributed by atoms with Gasteiger partial charge < -0.3 is 17.3 Å². The van der Waals surface area contributed by atoms with E-state index >= 15 is 0 Å². The Bertz CT molecular complexity index is 97.7. The van der Waals surface area contributed by atoms with Gasteiger partial charge in [0.15, 0.2) is 8.32 Å². The van der Waals surface area contributed by atoms with E-state index in [1.807, 2.05) is 0 Å². The molecule has 0 rings (SSSR count). The Balaban J connectivity index is 3.63. The second-order valence-electron chi connectivity index (χ2n) is 3.37. The largest absolute Gasteiger partial charge is 0.468 e. The lowest BCUT2D eigenvalue weighted by molar-refractivity contribution is 0.234. The quantitative estimate of drug-likeness (QED) is 0.681. The molecule has 0 aromatic carbocycles. The highest BCUT2D eigenvalue weighted by atomic mass is 79.9. The molecule has 0 aromatic heterocycles. The highest BCUT2D eigenvalue weighted by Gasteiger charge is 2.22. The number of hydrogen-bond donors (Lipinski definition) is 0. The zero-order valence-electron chi connectivity index (χ0n) is 7.28. The van der Waals surface area contributed by atoms with Crippen LogP contribution in [0.5, 0.6) is 0 Å². The first-order valence-corrected chi connectivity index (χ1v) is 11.7. The van der Waals surface area contributed by atoms with Crippen molar-refractivity contribution in [1.82, 2.24) is 0 Å². The molecule has 0 amide bonds. The molecule has 0 spiro atoms. The normalized spacial score (nSPS) is 11.8. The number of hydrogen-bond acceptors (Lipinski definition) is 1. The Hall–Kier alpha value is 1.42. The van der Waals surface area contributed by atoms with Crippen LogP contribution in [0.4, 0.5) is 0 Å². The third-order valence-electron chi connectivity index (χ3n) is 1.25. The summed E-state index contributed by atoms with van der Waals surface area (Å²) < 4.78 is 7.16. The van der Waals surface area contributed by atoms with Crippen LogP contribution in [0, 0.1) is 0 Å². The second-order valence-corrected chi connectivity index (χ2v) is 11.9. The molecule has 58 valence electrons. The Morgan fingerprint density at radius 1 is 1.50 bits per heavy atom. The minimum atomic E-state index is -1.25. The number of rotatable bonds is 4. The molecule has 0 radical (unpaired) electrons. The van der Waals surface area contributed by atoms with Crippen LogP contribution < -0.4 is 0 Å². The Kier molecular flexibility index (Phi) is 5.87. The maximum Gasteiger partial charge on any atom is 0.468 e. The van der Waals surface area contributed by atoms with Gasteiger partial charge in [0.25, 0.3) is 0 Å². The summed E-state index contributed by atoms with van der Waals surface area (Å²) >= 11 is 3.58. The summed E-state index contributed by atoms with van der Waals surface area (Å²) in [5, 5.41) is 0. The van der Waals surface area contributed by atoms with Gasteiger partial charge in [-0.15, -0.1) is 4.17 Å². The zero-order valence-corrected chi connectivity index (χ0v) is 11.3. The van der Waals surface area contributed by atoms with Crippen LogP contribution in [-0.2, 0) is 4.43 Å². The summed E-state index contributed by atoms with van der Waals surface area (Å²) in [5.74, 6) is 0. The van der Waals surface area contributed by atoms with Crippen molar-refractivity contribution in [3.05, 3.63) is 0 Å². The van der Waals surface area contributed by atoms with Gasteiger partial charge >= 0.3 is 18.2 Å². The van der Waals surface area contributed by atoms with E-state index in [1.165, 1.54) is 4.17 Å². The molecule has 0 saturated heterocycles. The van der Waals surface area contributed by atoms with E-state index < -0.39 is 8.32 Å². The molecule has 0 unspecified atom stereocenters. The van der Waals surface area contributed by atoms with Gasteiger partial charge in [0.05, 0.1) is 0 Å². The van der Waals surface area contributed by atoms with Gasteiger partial charge in [-0.1, -0.05) is 0 Å². The van der Waals surface area contributed by atoms with E-state index in [0.29, 0.717) is 6.10 Å². The minimum absolute atomic E-state index is 0.0161. The molecule has 0 saturated carbocycles. The molecular formula is C6H15BrMgOSi. The van der Waals surface area contributed by atoms with E-state index in [-0.39, 0.29) is 18.2 Å². The Morgan fingerprint density at radius 3 is 2.30 bits per heavy atom. The fourth-order valence-electron chi connectivity index (χ4n) is 0.925. The molecule has 4 heteroatoms. The predicted molar refractivity (Wildman–Crippen MR) is 53.2 cm³/mol. The van der Waals surface area contributed by atoms with Crippen LogP contribution in [0.1, 0.15) is 13.8 Å². The summed E-state index contributed by atoms with van der Waals surface area (Å²) in [5.41, 5.74) is 0. The number of halogens is 1. The standard InChI is InChI=1S/C6H15OSi.BrH.Mg/c1-6(2)7-8(3,4)5;;/h6H,3H2,1-2,4-5H3;1H;/q;;+1/p-1. The monoisotopic (exact) mass is 234 g/mol. The van der Waals surface area contributed by atoms with Crippen molar-refractivity contribution in [2.45, 2.75) is 37.2 Å². The lowest BCUT2D eigenvalue weighted by atomic mass is 10.5. The van der Waals surface area contributed by atoms with E-state index in [1.54, 1.807) is 0 Å². The van der Waals surface area contributed by atoms with Crippen LogP contribution in [-0.4, -0.2) is 32.6 Å². The summed E-state index contributed by atoms with van der Waals surface area (Å²) in [6, 6.07) is 0. The van der Waals surface area contributed by atoms with Gasteiger partial charge in [-0.05, 0) is 26.9 Å². The molecule has 0 atom stereocenters. The highest BCUT2D eigenvalue weighted by molar-refractivity contribution is 9.23. The topological polar surface area (TPSA) is 9.23 Å². The van der Waals surface area contributed by atoms with Crippen molar-refractivity contribution in [2.75, 3.05) is 0 Å². The molecule has 0 N–H and O–H groups in total. The van der Waals surface area contributed by atoms with Gasteiger partial charge in [-0.25, -0.2) is 0 Å². The Labute approximate surface area is 80.6 Å². The maximum absolute atomic E-state index is 5.82. The molecule has 0 aliphatic carbocycles. The first-order chi connectivity index (χ1) is 4.48. The van der Waals surface area contributed by atoms with Gasteiger partial charge in [-0.3, -0.25) is 0 Å². The average Bonchev–Trinajstić information content (AvgIpc) is 1.59. The summed E-state index contributed by atoms with van der Waals surface area (Å²) in [6.45, 7) is 8.82. The lowest BCUT2D eigenvalue weighted by Crippen LogP contribution is -2.34. The van der Waals surface area contributed by atoms with Crippen LogP contribution in [0.15, 0.2) is 0 Å². The molecule has 0 heterocycles. The van der Waals surface area contributed by atoms with E-state index in [9.17, 15) is 0 Å². The molecule has 10 heavy (non-hydrogen) atoms. The average molecular weight is 235 g/mol. The van der Waals surface area contributed by atoms with Crippen molar-refractivity contribution in [3.63, 3.8) is 0 Å². The fraction of sp³-hybridized carbons (Fsp3) is 1.00. The highest BCUT2D eigenvalue weighted by Crippen LogP contribution is 2.13. The fourth-order valence-corrected chi connectivity index (χ4v) is 13.1. The van der Waals surface area contributed by atoms with E-state index in [2.05, 4.69) is 39.8 Å². The van der Waals surface area contributed by atoms with Crippen LogP contribution in [0.3, 0.4) is 0 Å². The van der Waals surface area contributed by atoms with Crippen molar-refractivity contribution in [2.24, 2.45) is 0 Å². The molecular weight excluding hydrogens is 220 g/mol. The Morgan fingerprint density at radius 2 is 2.00 bits per heavy atom. The maximum atomic E-state index is 5.82. The molecule has 1 nitrogen and oxygen atoms in total. The molecule has 0 aromatic rings. The van der Waals surface area contributed by atoms with Crippen molar-refractivity contribution in [3.8, 4) is 0 Å². The van der Waals surface area contributed by atoms with Crippen LogP contribution in [0.25, 0.3) is 0 Å². The SMILES string of the molecule is CC(C)O[Si](C)(C)[CH2][Mg][Br]. The van der Waals surface area contributed by atoms with Gasteiger partial charge in [0, 0.05) is 6.10 Å². The molecule has 0 aliphatic rings. The smallest absolute Gasteiger partial charge is 0.417 e. The van der Waals surface area contributed by atoms with Crippen molar-refractivity contribution < 1.29 is 4.43 Å². The van der Waals surface area contributed by atoms with Gasteiger partial charge in [-0.2, -0.15) is 0 Å². The van der Waals surface area contributed by atoms with E-state index in [4.69, 9.17) is 4.43 Å². The summed E-state index contributed by atoms with van der Waals surface area (Å²) in [6.07, 6.45) is 0.412. The molecule has 0 aliphatic heterocycles. The van der Waals surface area contributed by atoms with Gasteiger partial charge in [0.1, 0.15) is 0 Å². The third kappa shape index (κ3) is 6.15. The first kappa shape index (κ1) is 11.4. The molecule has 0 fully saturated rings. The summed E-state index contributed by atoms with van der Waals surface area (Å²) in [7, 11) is -1.25. The molecule has 0 bridgehead atoms. The predicted octanol–water partition coefficient (Wildman–Crippen LogP) is 2.59. The lowest BCUT2D eigenvalue weighted by Gasteiger charge is -2.24. The second kappa shape index (κ2) is 5.14. The third-order valence-corrected chi connectivity index (χ3v) is 11.5. The van der Waals surface area contributed by atoms with Gasteiger partial charge in [0.2, 0.25) is 0 Å². The van der Waals surface area contributed by atoms with E-state index in [0.717, 1.165) is 0 Å². The van der Waals surface area contributed by atoms with Crippen LogP contribution in [0.2, 0.25) is 17.3 Å². The minimum Gasteiger partial charge on any atom is -0.417 e.